The lowest BCUT2D eigenvalue weighted by Gasteiger charge is -2.34. The first-order valence-corrected chi connectivity index (χ1v) is 10.2. The number of hydrogen-bond donors (Lipinski definition) is 1. The molecular weight excluding hydrogens is 364 g/mol. The second-order valence-corrected chi connectivity index (χ2v) is 8.07. The zero-order valence-electron chi connectivity index (χ0n) is 17.1. The third kappa shape index (κ3) is 4.43. The van der Waals surface area contributed by atoms with Crippen LogP contribution in [0.2, 0.25) is 0 Å². The number of nitrogens with one attached hydrogen (secondary N) is 1. The molecule has 152 valence electrons. The molecular formula is C23H28N4O2. The van der Waals surface area contributed by atoms with Gasteiger partial charge in [0.1, 0.15) is 0 Å². The van der Waals surface area contributed by atoms with Gasteiger partial charge < -0.3 is 20.0 Å². The largest absolute Gasteiger partial charge is 0.369 e. The Balaban J connectivity index is 1.35. The Bertz CT molecular complexity index is 871. The molecule has 0 aliphatic carbocycles. The van der Waals surface area contributed by atoms with E-state index in [1.807, 2.05) is 43.3 Å². The van der Waals surface area contributed by atoms with E-state index in [0.717, 1.165) is 43.1 Å². The Morgan fingerprint density at radius 1 is 0.931 bits per heavy atom. The second kappa shape index (κ2) is 8.25. The van der Waals surface area contributed by atoms with Gasteiger partial charge in [0, 0.05) is 56.2 Å². The van der Waals surface area contributed by atoms with Crippen LogP contribution in [-0.4, -0.2) is 56.5 Å². The number of piperazine rings is 1. The molecule has 29 heavy (non-hydrogen) atoms. The fourth-order valence-electron chi connectivity index (χ4n) is 3.92. The molecule has 1 N–H and O–H groups in total. The molecule has 2 aromatic rings. The Hall–Kier alpha value is -2.86. The molecule has 0 radical (unpaired) electrons. The van der Waals surface area contributed by atoms with Crippen LogP contribution in [0.15, 0.2) is 48.5 Å². The first-order valence-electron chi connectivity index (χ1n) is 10.2. The van der Waals surface area contributed by atoms with E-state index in [1.54, 1.807) is 4.90 Å². The Morgan fingerprint density at radius 3 is 2.21 bits per heavy atom. The zero-order chi connectivity index (χ0) is 20.4. The van der Waals surface area contributed by atoms with Crippen LogP contribution in [0.25, 0.3) is 0 Å². The number of aryl methyl sites for hydroxylation is 1. The molecule has 2 heterocycles. The van der Waals surface area contributed by atoms with Crippen molar-refractivity contribution in [2.24, 2.45) is 5.92 Å². The molecule has 0 spiro atoms. The van der Waals surface area contributed by atoms with Crippen molar-refractivity contribution in [2.75, 3.05) is 54.9 Å². The van der Waals surface area contributed by atoms with Gasteiger partial charge in [0.05, 0.1) is 5.92 Å². The molecule has 0 aromatic heterocycles. The molecule has 2 fully saturated rings. The number of amides is 2. The molecule has 1 atom stereocenters. The van der Waals surface area contributed by atoms with Crippen molar-refractivity contribution < 1.29 is 9.59 Å². The van der Waals surface area contributed by atoms with Gasteiger partial charge in [-0.05, 0) is 50.4 Å². The van der Waals surface area contributed by atoms with Crippen molar-refractivity contribution in [1.82, 2.24) is 4.90 Å². The number of likely N-dealkylation sites (N-methyl/N-ethyl adjacent to an activating group) is 1. The van der Waals surface area contributed by atoms with Gasteiger partial charge in [-0.2, -0.15) is 0 Å². The molecule has 0 saturated carbocycles. The van der Waals surface area contributed by atoms with Gasteiger partial charge in [0.2, 0.25) is 11.8 Å². The molecule has 6 nitrogen and oxygen atoms in total. The summed E-state index contributed by atoms with van der Waals surface area (Å²) in [5.74, 6) is -0.430. The first-order chi connectivity index (χ1) is 14.0. The third-order valence-electron chi connectivity index (χ3n) is 5.84. The highest BCUT2D eigenvalue weighted by Gasteiger charge is 2.35. The number of rotatable bonds is 4. The van der Waals surface area contributed by atoms with E-state index >= 15 is 0 Å². The van der Waals surface area contributed by atoms with Crippen LogP contribution >= 0.6 is 0 Å². The zero-order valence-corrected chi connectivity index (χ0v) is 17.1. The van der Waals surface area contributed by atoms with Crippen LogP contribution in [0.1, 0.15) is 12.0 Å². The van der Waals surface area contributed by atoms with Crippen molar-refractivity contribution >= 4 is 28.9 Å². The van der Waals surface area contributed by atoms with Crippen molar-refractivity contribution in [2.45, 2.75) is 13.3 Å². The standard InChI is InChI=1S/C23H28N4O2/c1-17-3-7-21(8-4-17)27-16-18(15-22(27)28)23(29)24-19-5-9-20(10-6-19)26-13-11-25(2)12-14-26/h3-10,18H,11-16H2,1-2H3,(H,24,29). The Kier molecular flexibility index (Phi) is 5.53. The number of anilines is 3. The Morgan fingerprint density at radius 2 is 1.55 bits per heavy atom. The molecule has 2 aliphatic heterocycles. The highest BCUT2D eigenvalue weighted by Crippen LogP contribution is 2.27. The molecule has 0 bridgehead atoms. The second-order valence-electron chi connectivity index (χ2n) is 8.07. The summed E-state index contributed by atoms with van der Waals surface area (Å²) >= 11 is 0. The van der Waals surface area contributed by atoms with Crippen LogP contribution < -0.4 is 15.1 Å². The summed E-state index contributed by atoms with van der Waals surface area (Å²) in [5, 5.41) is 2.98. The van der Waals surface area contributed by atoms with Gasteiger partial charge in [-0.25, -0.2) is 0 Å². The van der Waals surface area contributed by atoms with E-state index < -0.39 is 0 Å². The van der Waals surface area contributed by atoms with Gasteiger partial charge in [-0.3, -0.25) is 9.59 Å². The van der Waals surface area contributed by atoms with Crippen LogP contribution in [0.5, 0.6) is 0 Å². The first kappa shape index (κ1) is 19.5. The number of benzene rings is 2. The quantitative estimate of drug-likeness (QED) is 0.869. The molecule has 2 amide bonds. The lowest BCUT2D eigenvalue weighted by atomic mass is 10.1. The van der Waals surface area contributed by atoms with E-state index in [2.05, 4.69) is 34.3 Å². The summed E-state index contributed by atoms with van der Waals surface area (Å²) < 4.78 is 0. The summed E-state index contributed by atoms with van der Waals surface area (Å²) in [7, 11) is 2.14. The maximum absolute atomic E-state index is 12.7. The molecule has 2 saturated heterocycles. The van der Waals surface area contributed by atoms with E-state index in [1.165, 1.54) is 5.69 Å². The number of carbonyl (C=O) groups is 2. The monoisotopic (exact) mass is 392 g/mol. The average molecular weight is 393 g/mol. The molecule has 2 aliphatic rings. The lowest BCUT2D eigenvalue weighted by molar-refractivity contribution is -0.122. The minimum atomic E-state index is -0.332. The summed E-state index contributed by atoms with van der Waals surface area (Å²) in [5.41, 5.74) is 3.95. The number of nitrogens with zero attached hydrogens (tertiary/aromatic N) is 3. The summed E-state index contributed by atoms with van der Waals surface area (Å²) in [6.45, 7) is 6.59. The average Bonchev–Trinajstić information content (AvgIpc) is 3.12. The summed E-state index contributed by atoms with van der Waals surface area (Å²) in [4.78, 5) is 31.5. The van der Waals surface area contributed by atoms with E-state index in [4.69, 9.17) is 0 Å². The fraction of sp³-hybridized carbons (Fsp3) is 0.391. The fourth-order valence-corrected chi connectivity index (χ4v) is 3.92. The predicted molar refractivity (Wildman–Crippen MR) is 116 cm³/mol. The van der Waals surface area contributed by atoms with Crippen molar-refractivity contribution in [1.29, 1.82) is 0 Å². The van der Waals surface area contributed by atoms with Crippen LogP contribution in [0, 0.1) is 12.8 Å². The normalized spacial score (nSPS) is 20.2. The Labute approximate surface area is 172 Å². The number of carbonyl (C=O) groups excluding carboxylic acids is 2. The maximum atomic E-state index is 12.7. The van der Waals surface area contributed by atoms with Gasteiger partial charge in [0.25, 0.3) is 0 Å². The predicted octanol–water partition coefficient (Wildman–Crippen LogP) is 2.74. The van der Waals surface area contributed by atoms with Gasteiger partial charge in [-0.15, -0.1) is 0 Å². The van der Waals surface area contributed by atoms with Crippen LogP contribution in [0.4, 0.5) is 17.1 Å². The summed E-state index contributed by atoms with van der Waals surface area (Å²) in [6.07, 6.45) is 0.249. The van der Waals surface area contributed by atoms with Crippen molar-refractivity contribution in [3.63, 3.8) is 0 Å². The highest BCUT2D eigenvalue weighted by atomic mass is 16.2. The minimum absolute atomic E-state index is 0.000539. The van der Waals surface area contributed by atoms with E-state index in [0.29, 0.717) is 6.54 Å². The van der Waals surface area contributed by atoms with Crippen LogP contribution in [0.3, 0.4) is 0 Å². The van der Waals surface area contributed by atoms with Gasteiger partial charge in [0.15, 0.2) is 0 Å². The van der Waals surface area contributed by atoms with Gasteiger partial charge >= 0.3 is 0 Å². The third-order valence-corrected chi connectivity index (χ3v) is 5.84. The SMILES string of the molecule is Cc1ccc(N2CC(C(=O)Nc3ccc(N4CCN(C)CC4)cc3)CC2=O)cc1. The maximum Gasteiger partial charge on any atom is 0.229 e. The highest BCUT2D eigenvalue weighted by molar-refractivity contribution is 6.03. The molecule has 6 heteroatoms. The van der Waals surface area contributed by atoms with E-state index in [-0.39, 0.29) is 24.2 Å². The smallest absolute Gasteiger partial charge is 0.229 e. The van der Waals surface area contributed by atoms with Crippen molar-refractivity contribution in [3.05, 3.63) is 54.1 Å². The lowest BCUT2D eigenvalue weighted by Crippen LogP contribution is -2.44. The molecule has 1 unspecified atom stereocenters. The molecule has 2 aromatic carbocycles. The number of hydrogen-bond acceptors (Lipinski definition) is 4. The summed E-state index contributed by atoms with van der Waals surface area (Å²) in [6, 6.07) is 15.8. The van der Waals surface area contributed by atoms with Crippen LogP contribution in [-0.2, 0) is 9.59 Å². The molecule has 4 rings (SSSR count). The van der Waals surface area contributed by atoms with E-state index in [9.17, 15) is 9.59 Å². The minimum Gasteiger partial charge on any atom is -0.369 e. The van der Waals surface area contributed by atoms with Crippen molar-refractivity contribution in [3.8, 4) is 0 Å². The topological polar surface area (TPSA) is 55.9 Å². The van der Waals surface area contributed by atoms with Gasteiger partial charge in [-0.1, -0.05) is 17.7 Å².